The summed E-state index contributed by atoms with van der Waals surface area (Å²) in [5.41, 5.74) is 1.67. The Bertz CT molecular complexity index is 922. The van der Waals surface area contributed by atoms with Crippen molar-refractivity contribution >= 4 is 0 Å². The maximum Gasteiger partial charge on any atom is 0.231 e. The van der Waals surface area contributed by atoms with Crippen LogP contribution in [-0.2, 0) is 0 Å². The number of rotatable bonds is 3. The fourth-order valence-corrected chi connectivity index (χ4v) is 2.58. The highest BCUT2D eigenvalue weighted by Gasteiger charge is 2.22. The van der Waals surface area contributed by atoms with Gasteiger partial charge in [-0.1, -0.05) is 5.21 Å². The van der Waals surface area contributed by atoms with Crippen LogP contribution in [0, 0.1) is 0 Å². The molecule has 1 aliphatic rings. The normalized spacial score (nSPS) is 12.4. The molecule has 0 bridgehead atoms. The summed E-state index contributed by atoms with van der Waals surface area (Å²) in [6.45, 7) is 0.123. The highest BCUT2D eigenvalue weighted by Crippen LogP contribution is 2.43. The van der Waals surface area contributed by atoms with E-state index in [1.54, 1.807) is 18.2 Å². The zero-order chi connectivity index (χ0) is 16.7. The molecule has 0 unspecified atom stereocenters. The first-order valence-electron chi connectivity index (χ1n) is 7.08. The summed E-state index contributed by atoms with van der Waals surface area (Å²) >= 11 is 0. The predicted octanol–water partition coefficient (Wildman–Crippen LogP) is 2.08. The summed E-state index contributed by atoms with van der Waals surface area (Å²) < 4.78 is 17.7. The number of phenolic OH excluding ortho intramolecular Hbond substituents is 2. The van der Waals surface area contributed by atoms with Gasteiger partial charge >= 0.3 is 0 Å². The Labute approximate surface area is 136 Å². The van der Waals surface area contributed by atoms with Gasteiger partial charge in [-0.05, 0) is 12.1 Å². The van der Waals surface area contributed by atoms with Crippen LogP contribution in [0.4, 0.5) is 0 Å². The van der Waals surface area contributed by atoms with Crippen LogP contribution in [0.25, 0.3) is 16.9 Å². The van der Waals surface area contributed by atoms with Crippen molar-refractivity contribution in [1.29, 1.82) is 0 Å². The molecule has 2 aromatic carbocycles. The van der Waals surface area contributed by atoms with Crippen LogP contribution in [0.2, 0.25) is 0 Å². The van der Waals surface area contributed by atoms with Gasteiger partial charge in [-0.15, -0.1) is 5.10 Å². The highest BCUT2D eigenvalue weighted by atomic mass is 16.7. The summed E-state index contributed by atoms with van der Waals surface area (Å²) in [7, 11) is 1.54. The van der Waals surface area contributed by atoms with Gasteiger partial charge in [0.05, 0.1) is 24.7 Å². The third-order valence-corrected chi connectivity index (χ3v) is 3.69. The molecule has 0 amide bonds. The lowest BCUT2D eigenvalue weighted by atomic mass is 10.1. The maximum atomic E-state index is 10.1. The summed E-state index contributed by atoms with van der Waals surface area (Å²) in [6, 6.07) is 7.81. The van der Waals surface area contributed by atoms with Crippen LogP contribution in [0.5, 0.6) is 28.7 Å². The van der Waals surface area contributed by atoms with Crippen molar-refractivity contribution in [3.63, 3.8) is 0 Å². The summed E-state index contributed by atoms with van der Waals surface area (Å²) in [4.78, 5) is 0. The predicted molar refractivity (Wildman–Crippen MR) is 82.8 cm³/mol. The number of fused-ring (bicyclic) bond motifs is 1. The Hall–Kier alpha value is -3.42. The third kappa shape index (κ3) is 2.16. The largest absolute Gasteiger partial charge is 0.508 e. The third-order valence-electron chi connectivity index (χ3n) is 3.69. The molecule has 24 heavy (non-hydrogen) atoms. The lowest BCUT2D eigenvalue weighted by Gasteiger charge is -2.11. The highest BCUT2D eigenvalue weighted by molar-refractivity contribution is 5.70. The molecule has 3 aromatic rings. The van der Waals surface area contributed by atoms with E-state index in [2.05, 4.69) is 10.3 Å². The van der Waals surface area contributed by atoms with Crippen molar-refractivity contribution < 1.29 is 24.4 Å². The van der Waals surface area contributed by atoms with Gasteiger partial charge in [0, 0.05) is 23.8 Å². The van der Waals surface area contributed by atoms with Crippen molar-refractivity contribution in [2.45, 2.75) is 0 Å². The van der Waals surface area contributed by atoms with E-state index in [4.69, 9.17) is 14.2 Å². The van der Waals surface area contributed by atoms with Crippen molar-refractivity contribution in [2.75, 3.05) is 13.9 Å². The molecular weight excluding hydrogens is 314 g/mol. The summed E-state index contributed by atoms with van der Waals surface area (Å²) in [5.74, 6) is 1.48. The van der Waals surface area contributed by atoms with Gasteiger partial charge in [0.15, 0.2) is 11.5 Å². The van der Waals surface area contributed by atoms with Gasteiger partial charge in [-0.2, -0.15) is 0 Å². The Kier molecular flexibility index (Phi) is 3.16. The number of aromatic hydroxyl groups is 2. The van der Waals surface area contributed by atoms with Crippen LogP contribution in [0.1, 0.15) is 0 Å². The number of ether oxygens (including phenoxy) is 3. The Morgan fingerprint density at radius 1 is 1.17 bits per heavy atom. The fraction of sp³-hybridized carbons (Fsp3) is 0.125. The molecule has 2 N–H and O–H groups in total. The number of phenols is 2. The van der Waals surface area contributed by atoms with Crippen LogP contribution in [0.3, 0.4) is 0 Å². The Balaban J connectivity index is 1.86. The van der Waals surface area contributed by atoms with Gasteiger partial charge in [0.2, 0.25) is 12.5 Å². The molecular formula is C16H13N3O5. The Morgan fingerprint density at radius 3 is 2.83 bits per heavy atom. The number of nitrogens with zero attached hydrogens (tertiary/aromatic N) is 3. The lowest BCUT2D eigenvalue weighted by molar-refractivity contribution is 0.171. The van der Waals surface area contributed by atoms with Crippen LogP contribution < -0.4 is 14.2 Å². The first kappa shape index (κ1) is 14.2. The van der Waals surface area contributed by atoms with E-state index in [0.29, 0.717) is 34.2 Å². The zero-order valence-electron chi connectivity index (χ0n) is 12.6. The quantitative estimate of drug-likeness (QED) is 0.760. The van der Waals surface area contributed by atoms with Gasteiger partial charge < -0.3 is 24.4 Å². The molecule has 0 saturated carbocycles. The average Bonchev–Trinajstić information content (AvgIpc) is 3.22. The van der Waals surface area contributed by atoms with Crippen molar-refractivity contribution in [2.24, 2.45) is 0 Å². The van der Waals surface area contributed by atoms with Gasteiger partial charge in [-0.3, -0.25) is 0 Å². The van der Waals surface area contributed by atoms with Crippen LogP contribution >= 0.6 is 0 Å². The molecule has 4 rings (SSSR count). The van der Waals surface area contributed by atoms with Crippen LogP contribution in [0.15, 0.2) is 36.5 Å². The molecule has 8 nitrogen and oxygen atoms in total. The van der Waals surface area contributed by atoms with E-state index in [9.17, 15) is 10.2 Å². The number of hydrogen-bond donors (Lipinski definition) is 2. The van der Waals surface area contributed by atoms with Gasteiger partial charge in [0.1, 0.15) is 11.5 Å². The molecule has 0 aliphatic carbocycles. The Morgan fingerprint density at radius 2 is 2.04 bits per heavy atom. The molecule has 0 saturated heterocycles. The number of methoxy groups -OCH3 is 1. The smallest absolute Gasteiger partial charge is 0.231 e. The maximum absolute atomic E-state index is 10.1. The number of hydrogen-bond acceptors (Lipinski definition) is 7. The lowest BCUT2D eigenvalue weighted by Crippen LogP contribution is -2.00. The monoisotopic (exact) mass is 327 g/mol. The van der Waals surface area contributed by atoms with E-state index in [0.717, 1.165) is 0 Å². The minimum atomic E-state index is -0.0775. The summed E-state index contributed by atoms with van der Waals surface area (Å²) in [5, 5.41) is 27.5. The molecule has 0 atom stereocenters. The number of benzene rings is 2. The molecule has 0 radical (unpaired) electrons. The van der Waals surface area contributed by atoms with Gasteiger partial charge in [-0.25, -0.2) is 4.68 Å². The standard InChI is InChI=1S/C16H13N3O5/c1-22-14-4-9(5-15-16(14)24-8-23-15)19-12(7-17-18-19)11-3-2-10(20)6-13(11)21/h2-7,20-21H,8H2,1H3. The molecule has 0 fully saturated rings. The SMILES string of the molecule is COc1cc(-n2nncc2-c2ccc(O)cc2O)cc2c1OCO2. The average molecular weight is 327 g/mol. The zero-order valence-corrected chi connectivity index (χ0v) is 12.6. The second kappa shape index (κ2) is 5.34. The topological polar surface area (TPSA) is 98.9 Å². The van der Waals surface area contributed by atoms with Gasteiger partial charge in [0.25, 0.3) is 0 Å². The summed E-state index contributed by atoms with van der Waals surface area (Å²) in [6.07, 6.45) is 1.52. The van der Waals surface area contributed by atoms with E-state index >= 15 is 0 Å². The second-order valence-electron chi connectivity index (χ2n) is 5.11. The second-order valence-corrected chi connectivity index (χ2v) is 5.11. The van der Waals surface area contributed by atoms with E-state index in [1.807, 2.05) is 0 Å². The first-order valence-corrected chi connectivity index (χ1v) is 7.08. The van der Waals surface area contributed by atoms with E-state index in [-0.39, 0.29) is 18.3 Å². The molecule has 122 valence electrons. The first-order chi connectivity index (χ1) is 11.7. The number of aromatic nitrogens is 3. The van der Waals surface area contributed by atoms with Crippen molar-refractivity contribution in [3.05, 3.63) is 36.5 Å². The van der Waals surface area contributed by atoms with E-state index in [1.165, 1.54) is 30.1 Å². The minimum absolute atomic E-state index is 0.0278. The fourth-order valence-electron chi connectivity index (χ4n) is 2.58. The van der Waals surface area contributed by atoms with Crippen LogP contribution in [-0.4, -0.2) is 39.1 Å². The molecule has 1 aromatic heterocycles. The molecule has 1 aliphatic heterocycles. The molecule has 8 heteroatoms. The molecule has 0 spiro atoms. The minimum Gasteiger partial charge on any atom is -0.508 e. The van der Waals surface area contributed by atoms with Crippen molar-refractivity contribution in [3.8, 4) is 45.7 Å². The van der Waals surface area contributed by atoms with E-state index < -0.39 is 0 Å². The molecule has 2 heterocycles. The van der Waals surface area contributed by atoms with Crippen molar-refractivity contribution in [1.82, 2.24) is 15.0 Å².